The van der Waals surface area contributed by atoms with Crippen LogP contribution in [-0.2, 0) is 12.8 Å². The summed E-state index contributed by atoms with van der Waals surface area (Å²) >= 11 is 0. The lowest BCUT2D eigenvalue weighted by molar-refractivity contribution is 0.567. The van der Waals surface area contributed by atoms with Gasteiger partial charge in [-0.3, -0.25) is 0 Å². The van der Waals surface area contributed by atoms with Crippen molar-refractivity contribution in [2.45, 2.75) is 38.6 Å². The van der Waals surface area contributed by atoms with Gasteiger partial charge >= 0.3 is 0 Å². The highest BCUT2D eigenvalue weighted by molar-refractivity contribution is 5.38. The van der Waals surface area contributed by atoms with Gasteiger partial charge in [-0.25, -0.2) is 0 Å². The van der Waals surface area contributed by atoms with Gasteiger partial charge in [0.25, 0.3) is 0 Å². The average molecular weight is 175 g/mol. The standard InChI is InChI=1S/C12H17N/c1-2-9-5-3-7-11-10(9)6-4-8-12(11)13/h3,5,7,12H,2,4,6,8,13H2,1H3/t12-/m1/s1. The predicted molar refractivity (Wildman–Crippen MR) is 55.7 cm³/mol. The molecule has 0 aromatic heterocycles. The van der Waals surface area contributed by atoms with Crippen LogP contribution in [0.4, 0.5) is 0 Å². The van der Waals surface area contributed by atoms with Crippen LogP contribution in [0.1, 0.15) is 42.5 Å². The van der Waals surface area contributed by atoms with Gasteiger partial charge in [0.15, 0.2) is 0 Å². The molecule has 0 radical (unpaired) electrons. The molecular weight excluding hydrogens is 158 g/mol. The van der Waals surface area contributed by atoms with Crippen molar-refractivity contribution in [2.75, 3.05) is 0 Å². The SMILES string of the molecule is CCc1cccc2c1CCC[C@H]2N. The van der Waals surface area contributed by atoms with Crippen molar-refractivity contribution < 1.29 is 0 Å². The summed E-state index contributed by atoms with van der Waals surface area (Å²) in [4.78, 5) is 0. The first-order valence-corrected chi connectivity index (χ1v) is 5.19. The second-order valence-electron chi connectivity index (χ2n) is 3.84. The zero-order valence-electron chi connectivity index (χ0n) is 8.22. The van der Waals surface area contributed by atoms with Gasteiger partial charge in [-0.05, 0) is 42.4 Å². The summed E-state index contributed by atoms with van der Waals surface area (Å²) in [6.45, 7) is 2.22. The van der Waals surface area contributed by atoms with Crippen molar-refractivity contribution in [1.82, 2.24) is 0 Å². The van der Waals surface area contributed by atoms with E-state index in [0.717, 1.165) is 12.8 Å². The molecule has 1 heteroatoms. The highest BCUT2D eigenvalue weighted by atomic mass is 14.6. The fraction of sp³-hybridized carbons (Fsp3) is 0.500. The van der Waals surface area contributed by atoms with Crippen LogP contribution in [0.25, 0.3) is 0 Å². The molecule has 13 heavy (non-hydrogen) atoms. The Bertz CT molecular complexity index is 304. The molecule has 1 aliphatic carbocycles. The summed E-state index contributed by atoms with van der Waals surface area (Å²) in [5, 5.41) is 0. The van der Waals surface area contributed by atoms with Crippen LogP contribution in [0, 0.1) is 0 Å². The molecule has 70 valence electrons. The number of rotatable bonds is 1. The molecule has 0 heterocycles. The van der Waals surface area contributed by atoms with E-state index in [1.807, 2.05) is 0 Å². The molecule has 2 N–H and O–H groups in total. The Labute approximate surface area is 80.0 Å². The second kappa shape index (κ2) is 3.51. The van der Waals surface area contributed by atoms with E-state index >= 15 is 0 Å². The average Bonchev–Trinajstić information content (AvgIpc) is 2.18. The Hall–Kier alpha value is -0.820. The maximum atomic E-state index is 6.07. The number of benzene rings is 1. The van der Waals surface area contributed by atoms with Crippen molar-refractivity contribution in [2.24, 2.45) is 5.73 Å². The Morgan fingerprint density at radius 2 is 2.31 bits per heavy atom. The molecule has 0 bridgehead atoms. The fourth-order valence-electron chi connectivity index (χ4n) is 2.29. The maximum Gasteiger partial charge on any atom is 0.0297 e. The minimum atomic E-state index is 0.287. The molecule has 0 unspecified atom stereocenters. The van der Waals surface area contributed by atoms with Gasteiger partial charge in [-0.2, -0.15) is 0 Å². The first-order chi connectivity index (χ1) is 6.33. The van der Waals surface area contributed by atoms with E-state index in [1.54, 1.807) is 0 Å². The van der Waals surface area contributed by atoms with Crippen LogP contribution in [0.15, 0.2) is 18.2 Å². The zero-order chi connectivity index (χ0) is 9.26. The summed E-state index contributed by atoms with van der Waals surface area (Å²) in [5.74, 6) is 0. The molecule has 0 fully saturated rings. The van der Waals surface area contributed by atoms with E-state index in [1.165, 1.54) is 29.5 Å². The Morgan fingerprint density at radius 1 is 1.46 bits per heavy atom. The van der Waals surface area contributed by atoms with Crippen molar-refractivity contribution >= 4 is 0 Å². The van der Waals surface area contributed by atoms with Crippen molar-refractivity contribution in [1.29, 1.82) is 0 Å². The topological polar surface area (TPSA) is 26.0 Å². The zero-order valence-corrected chi connectivity index (χ0v) is 8.22. The number of nitrogens with two attached hydrogens (primary N) is 1. The molecule has 1 aromatic rings. The summed E-state index contributed by atoms with van der Waals surface area (Å²) in [6.07, 6.45) is 4.77. The molecule has 0 spiro atoms. The highest BCUT2D eigenvalue weighted by Crippen LogP contribution is 2.30. The van der Waals surface area contributed by atoms with E-state index < -0.39 is 0 Å². The number of hydrogen-bond acceptors (Lipinski definition) is 1. The minimum Gasteiger partial charge on any atom is -0.324 e. The fourth-order valence-corrected chi connectivity index (χ4v) is 2.29. The normalized spacial score (nSPS) is 21.2. The van der Waals surface area contributed by atoms with Gasteiger partial charge in [0, 0.05) is 6.04 Å². The Balaban J connectivity index is 2.48. The largest absolute Gasteiger partial charge is 0.324 e. The first kappa shape index (κ1) is 8.76. The van der Waals surface area contributed by atoms with Gasteiger partial charge in [-0.1, -0.05) is 25.1 Å². The molecule has 1 nitrogen and oxygen atoms in total. The number of hydrogen-bond donors (Lipinski definition) is 1. The molecule has 1 aliphatic rings. The van der Waals surface area contributed by atoms with Gasteiger partial charge in [0.05, 0.1) is 0 Å². The van der Waals surface area contributed by atoms with Crippen LogP contribution in [0.3, 0.4) is 0 Å². The van der Waals surface area contributed by atoms with Crippen molar-refractivity contribution in [3.63, 3.8) is 0 Å². The van der Waals surface area contributed by atoms with Crippen LogP contribution >= 0.6 is 0 Å². The Morgan fingerprint density at radius 3 is 3.08 bits per heavy atom. The third-order valence-electron chi connectivity index (χ3n) is 3.03. The minimum absolute atomic E-state index is 0.287. The lowest BCUT2D eigenvalue weighted by atomic mass is 9.85. The van der Waals surface area contributed by atoms with E-state index in [-0.39, 0.29) is 6.04 Å². The van der Waals surface area contributed by atoms with E-state index in [9.17, 15) is 0 Å². The van der Waals surface area contributed by atoms with Crippen molar-refractivity contribution in [3.05, 3.63) is 34.9 Å². The van der Waals surface area contributed by atoms with Crippen LogP contribution < -0.4 is 5.73 Å². The maximum absolute atomic E-state index is 6.07. The molecule has 0 aliphatic heterocycles. The Kier molecular flexibility index (Phi) is 2.36. The molecule has 2 rings (SSSR count). The van der Waals surface area contributed by atoms with Gasteiger partial charge in [-0.15, -0.1) is 0 Å². The van der Waals surface area contributed by atoms with Gasteiger partial charge < -0.3 is 5.73 Å². The molecule has 0 saturated carbocycles. The van der Waals surface area contributed by atoms with Crippen LogP contribution in [-0.4, -0.2) is 0 Å². The molecule has 1 aromatic carbocycles. The summed E-state index contributed by atoms with van der Waals surface area (Å²) in [5.41, 5.74) is 10.5. The summed E-state index contributed by atoms with van der Waals surface area (Å²) in [6, 6.07) is 6.85. The number of fused-ring (bicyclic) bond motifs is 1. The number of aryl methyl sites for hydroxylation is 1. The summed E-state index contributed by atoms with van der Waals surface area (Å²) in [7, 11) is 0. The molecule has 0 saturated heterocycles. The quantitative estimate of drug-likeness (QED) is 0.697. The van der Waals surface area contributed by atoms with Crippen LogP contribution in [0.2, 0.25) is 0 Å². The second-order valence-corrected chi connectivity index (χ2v) is 3.84. The molecular formula is C12H17N. The van der Waals surface area contributed by atoms with Crippen molar-refractivity contribution in [3.8, 4) is 0 Å². The van der Waals surface area contributed by atoms with E-state index in [4.69, 9.17) is 5.73 Å². The lowest BCUT2D eigenvalue weighted by Crippen LogP contribution is -2.18. The van der Waals surface area contributed by atoms with Gasteiger partial charge in [0.1, 0.15) is 0 Å². The lowest BCUT2D eigenvalue weighted by Gasteiger charge is -2.24. The van der Waals surface area contributed by atoms with Crippen LogP contribution in [0.5, 0.6) is 0 Å². The third-order valence-corrected chi connectivity index (χ3v) is 3.03. The third kappa shape index (κ3) is 1.49. The first-order valence-electron chi connectivity index (χ1n) is 5.19. The molecule has 1 atom stereocenters. The smallest absolute Gasteiger partial charge is 0.0297 e. The molecule has 0 amide bonds. The predicted octanol–water partition coefficient (Wildman–Crippen LogP) is 2.59. The van der Waals surface area contributed by atoms with E-state index in [2.05, 4.69) is 25.1 Å². The van der Waals surface area contributed by atoms with E-state index in [0.29, 0.717) is 0 Å². The summed E-state index contributed by atoms with van der Waals surface area (Å²) < 4.78 is 0. The monoisotopic (exact) mass is 175 g/mol. The van der Waals surface area contributed by atoms with Gasteiger partial charge in [0.2, 0.25) is 0 Å². The highest BCUT2D eigenvalue weighted by Gasteiger charge is 2.17.